The van der Waals surface area contributed by atoms with E-state index < -0.39 is 10.0 Å². The Labute approximate surface area is 173 Å². The van der Waals surface area contributed by atoms with E-state index in [9.17, 15) is 8.42 Å². The second kappa shape index (κ2) is 7.86. The molecule has 29 heavy (non-hydrogen) atoms. The average Bonchev–Trinajstić information content (AvgIpc) is 2.68. The molecule has 1 aliphatic heterocycles. The molecule has 0 spiro atoms. The zero-order valence-corrected chi connectivity index (χ0v) is 18.0. The first-order valence-electron chi connectivity index (χ1n) is 9.99. The summed E-state index contributed by atoms with van der Waals surface area (Å²) in [5.41, 5.74) is 4.95. The topological polar surface area (TPSA) is 53.5 Å². The van der Waals surface area contributed by atoms with Crippen LogP contribution < -0.4 is 0 Å². The fourth-order valence-corrected chi connectivity index (χ4v) is 6.20. The molecule has 0 saturated carbocycles. The molecule has 0 atom stereocenters. The van der Waals surface area contributed by atoms with Crippen molar-refractivity contribution in [3.63, 3.8) is 0 Å². The van der Waals surface area contributed by atoms with Crippen LogP contribution in [0.3, 0.4) is 0 Å². The van der Waals surface area contributed by atoms with E-state index in [1.165, 1.54) is 5.56 Å². The highest BCUT2D eigenvalue weighted by Crippen LogP contribution is 2.26. The maximum Gasteiger partial charge on any atom is 0.243 e. The van der Waals surface area contributed by atoms with Crippen molar-refractivity contribution in [3.8, 4) is 0 Å². The number of piperazine rings is 1. The molecule has 0 bridgehead atoms. The number of sulfonamides is 1. The molecule has 1 saturated heterocycles. The van der Waals surface area contributed by atoms with Gasteiger partial charge in [0.25, 0.3) is 0 Å². The van der Waals surface area contributed by atoms with Gasteiger partial charge in [-0.25, -0.2) is 8.42 Å². The molecule has 5 nitrogen and oxygen atoms in total. The summed E-state index contributed by atoms with van der Waals surface area (Å²) in [5, 5.41) is 1.14. The van der Waals surface area contributed by atoms with Crippen molar-refractivity contribution < 1.29 is 8.42 Å². The molecule has 3 aromatic rings. The number of hydrogen-bond acceptors (Lipinski definition) is 4. The molecule has 1 aromatic heterocycles. The van der Waals surface area contributed by atoms with Gasteiger partial charge in [-0.1, -0.05) is 42.0 Å². The van der Waals surface area contributed by atoms with Crippen LogP contribution in [0.1, 0.15) is 22.3 Å². The van der Waals surface area contributed by atoms with Gasteiger partial charge in [0.05, 0.1) is 10.4 Å². The number of pyridine rings is 1. The van der Waals surface area contributed by atoms with Gasteiger partial charge in [-0.05, 0) is 43.5 Å². The van der Waals surface area contributed by atoms with Crippen LogP contribution in [0, 0.1) is 20.8 Å². The Morgan fingerprint density at radius 2 is 1.59 bits per heavy atom. The highest BCUT2D eigenvalue weighted by atomic mass is 32.2. The van der Waals surface area contributed by atoms with E-state index in [0.717, 1.165) is 34.1 Å². The minimum atomic E-state index is -3.48. The summed E-state index contributed by atoms with van der Waals surface area (Å²) in [4.78, 5) is 7.31. The molecule has 0 aliphatic carbocycles. The summed E-state index contributed by atoms with van der Waals surface area (Å²) in [6, 6.07) is 14.2. The zero-order valence-electron chi connectivity index (χ0n) is 17.2. The van der Waals surface area contributed by atoms with Crippen LogP contribution in [0.2, 0.25) is 0 Å². The number of rotatable bonds is 4. The summed E-state index contributed by atoms with van der Waals surface area (Å²) in [7, 11) is -3.48. The predicted octanol–water partition coefficient (Wildman–Crippen LogP) is 3.67. The molecule has 4 rings (SSSR count). The summed E-state index contributed by atoms with van der Waals surface area (Å²) in [6.07, 6.45) is 1.82. The van der Waals surface area contributed by atoms with Gasteiger partial charge >= 0.3 is 0 Å². The first kappa shape index (κ1) is 20.0. The number of nitrogens with zero attached hydrogens (tertiary/aromatic N) is 3. The van der Waals surface area contributed by atoms with Crippen LogP contribution in [-0.2, 0) is 16.6 Å². The highest BCUT2D eigenvalue weighted by molar-refractivity contribution is 7.89. The van der Waals surface area contributed by atoms with Crippen molar-refractivity contribution in [3.05, 3.63) is 70.9 Å². The van der Waals surface area contributed by atoms with Gasteiger partial charge in [0.1, 0.15) is 0 Å². The Kier molecular flexibility index (Phi) is 5.42. The molecule has 1 fully saturated rings. The first-order chi connectivity index (χ1) is 13.9. The van der Waals surface area contributed by atoms with Crippen LogP contribution >= 0.6 is 0 Å². The molecule has 6 heteroatoms. The van der Waals surface area contributed by atoms with Crippen molar-refractivity contribution in [2.75, 3.05) is 26.2 Å². The summed E-state index contributed by atoms with van der Waals surface area (Å²) in [6.45, 7) is 8.99. The Morgan fingerprint density at radius 3 is 2.28 bits per heavy atom. The van der Waals surface area contributed by atoms with Crippen LogP contribution in [0.25, 0.3) is 10.9 Å². The van der Waals surface area contributed by atoms with Gasteiger partial charge in [-0.15, -0.1) is 0 Å². The number of benzene rings is 2. The van der Waals surface area contributed by atoms with E-state index in [1.807, 2.05) is 45.2 Å². The molecular weight excluding hydrogens is 382 g/mol. The van der Waals surface area contributed by atoms with E-state index in [0.29, 0.717) is 31.1 Å². The normalized spacial score (nSPS) is 16.4. The number of aryl methyl sites for hydroxylation is 3. The van der Waals surface area contributed by atoms with E-state index in [1.54, 1.807) is 4.31 Å². The van der Waals surface area contributed by atoms with Crippen molar-refractivity contribution in [2.24, 2.45) is 0 Å². The van der Waals surface area contributed by atoms with Gasteiger partial charge in [-0.2, -0.15) is 4.31 Å². The number of aromatic nitrogens is 1. The Morgan fingerprint density at radius 1 is 0.931 bits per heavy atom. The van der Waals surface area contributed by atoms with E-state index >= 15 is 0 Å². The lowest BCUT2D eigenvalue weighted by Crippen LogP contribution is -2.48. The number of para-hydroxylation sites is 1. The lowest BCUT2D eigenvalue weighted by molar-refractivity contribution is 0.182. The van der Waals surface area contributed by atoms with Crippen molar-refractivity contribution in [2.45, 2.75) is 32.2 Å². The van der Waals surface area contributed by atoms with Crippen LogP contribution in [0.5, 0.6) is 0 Å². The molecule has 0 amide bonds. The molecule has 1 aliphatic rings. The van der Waals surface area contributed by atoms with Crippen molar-refractivity contribution in [1.82, 2.24) is 14.2 Å². The highest BCUT2D eigenvalue weighted by Gasteiger charge is 2.31. The third kappa shape index (κ3) is 3.92. The predicted molar refractivity (Wildman–Crippen MR) is 116 cm³/mol. The second-order valence-corrected chi connectivity index (χ2v) is 9.78. The van der Waals surface area contributed by atoms with Crippen LogP contribution in [0.15, 0.2) is 53.6 Å². The third-order valence-electron chi connectivity index (χ3n) is 5.64. The van der Waals surface area contributed by atoms with Crippen molar-refractivity contribution in [1.29, 1.82) is 0 Å². The average molecular weight is 410 g/mol. The molecule has 152 valence electrons. The zero-order chi connectivity index (χ0) is 20.6. The monoisotopic (exact) mass is 409 g/mol. The molecule has 2 heterocycles. The number of fused-ring (bicyclic) bond motifs is 1. The third-order valence-corrected chi connectivity index (χ3v) is 7.85. The fraction of sp³-hybridized carbons (Fsp3) is 0.348. The summed E-state index contributed by atoms with van der Waals surface area (Å²) < 4.78 is 28.2. The van der Waals surface area contributed by atoms with Crippen LogP contribution in [0.4, 0.5) is 0 Å². The van der Waals surface area contributed by atoms with E-state index in [-0.39, 0.29) is 0 Å². The second-order valence-electron chi connectivity index (χ2n) is 7.90. The van der Waals surface area contributed by atoms with Gasteiger partial charge in [0.15, 0.2) is 0 Å². The maximum atomic E-state index is 13.3. The molecular formula is C23H27N3O2S. The Hall–Kier alpha value is -2.28. The molecule has 0 unspecified atom stereocenters. The molecule has 0 radical (unpaired) electrons. The smallest absolute Gasteiger partial charge is 0.243 e. The largest absolute Gasteiger partial charge is 0.296 e. The van der Waals surface area contributed by atoms with Crippen LogP contribution in [-0.4, -0.2) is 48.8 Å². The van der Waals surface area contributed by atoms with Gasteiger partial charge in [0, 0.05) is 44.3 Å². The summed E-state index contributed by atoms with van der Waals surface area (Å²) in [5.74, 6) is 0. The minimum absolute atomic E-state index is 0.467. The van der Waals surface area contributed by atoms with E-state index in [4.69, 9.17) is 0 Å². The molecule has 0 N–H and O–H groups in total. The molecule has 2 aromatic carbocycles. The Bertz CT molecular complexity index is 1120. The maximum absolute atomic E-state index is 13.3. The van der Waals surface area contributed by atoms with E-state index in [2.05, 4.69) is 34.1 Å². The lowest BCUT2D eigenvalue weighted by atomic mass is 10.1. The first-order valence-corrected chi connectivity index (χ1v) is 11.4. The summed E-state index contributed by atoms with van der Waals surface area (Å²) >= 11 is 0. The Balaban J connectivity index is 1.49. The van der Waals surface area contributed by atoms with Gasteiger partial charge in [0.2, 0.25) is 10.0 Å². The SMILES string of the molecule is Cc1cc(C)c(S(=O)(=O)N2CCN(Cc3cccc4cccnc34)CC2)c(C)c1. The van der Waals surface area contributed by atoms with Gasteiger partial charge < -0.3 is 0 Å². The lowest BCUT2D eigenvalue weighted by Gasteiger charge is -2.34. The minimum Gasteiger partial charge on any atom is -0.296 e. The quantitative estimate of drug-likeness (QED) is 0.660. The standard InChI is InChI=1S/C23H27N3O2S/c1-17-14-18(2)23(19(3)15-17)29(27,28)26-12-10-25(11-13-26)16-21-7-4-6-20-8-5-9-24-22(20)21/h4-9,14-15H,10-13,16H2,1-3H3. The van der Waals surface area contributed by atoms with Crippen molar-refractivity contribution >= 4 is 20.9 Å². The number of hydrogen-bond donors (Lipinski definition) is 0. The fourth-order valence-electron chi connectivity index (χ4n) is 4.37. The van der Waals surface area contributed by atoms with Gasteiger partial charge in [-0.3, -0.25) is 9.88 Å².